The third kappa shape index (κ3) is 7.09. The summed E-state index contributed by atoms with van der Waals surface area (Å²) in [4.78, 5) is 40.9. The Bertz CT molecular complexity index is 856. The first-order chi connectivity index (χ1) is 16.1. The van der Waals surface area contributed by atoms with Gasteiger partial charge in [0.1, 0.15) is 23.4 Å². The molecule has 9 heteroatoms. The second-order valence-corrected chi connectivity index (χ2v) is 10.2. The van der Waals surface area contributed by atoms with Gasteiger partial charge in [0, 0.05) is 12.1 Å². The van der Waals surface area contributed by atoms with E-state index in [0.29, 0.717) is 5.56 Å². The van der Waals surface area contributed by atoms with Crippen LogP contribution in [0.2, 0.25) is 0 Å². The lowest BCUT2D eigenvalue weighted by Gasteiger charge is -2.35. The number of aromatic hydroxyl groups is 1. The Morgan fingerprint density at radius 2 is 1.68 bits per heavy atom. The summed E-state index contributed by atoms with van der Waals surface area (Å²) in [6.45, 7) is 4.48. The largest absolute Gasteiger partial charge is 0.508 e. The van der Waals surface area contributed by atoms with Crippen LogP contribution in [0.5, 0.6) is 5.75 Å². The summed E-state index contributed by atoms with van der Waals surface area (Å²) >= 11 is 0. The number of phenolic OH excluding ortho intramolecular Hbond substituents is 1. The number of benzene rings is 1. The van der Waals surface area contributed by atoms with Crippen molar-refractivity contribution in [1.82, 2.24) is 15.5 Å². The van der Waals surface area contributed by atoms with Gasteiger partial charge in [0.15, 0.2) is 0 Å². The van der Waals surface area contributed by atoms with Crippen LogP contribution in [0.1, 0.15) is 77.3 Å². The molecule has 1 aromatic rings. The fourth-order valence-corrected chi connectivity index (χ4v) is 4.31. The third-order valence-electron chi connectivity index (χ3n) is 6.05. The van der Waals surface area contributed by atoms with Crippen LogP contribution >= 0.6 is 0 Å². The normalized spacial score (nSPS) is 18.5. The Kier molecular flexibility index (Phi) is 8.41. The third-order valence-corrected chi connectivity index (χ3v) is 6.05. The van der Waals surface area contributed by atoms with E-state index >= 15 is 0 Å². The number of carbonyl (C=O) groups excluding carboxylic acids is 3. The highest BCUT2D eigenvalue weighted by Gasteiger charge is 2.44. The van der Waals surface area contributed by atoms with E-state index in [2.05, 4.69) is 10.6 Å². The molecule has 188 valence electrons. The molecule has 2 aliphatic rings. The van der Waals surface area contributed by atoms with Gasteiger partial charge in [0.25, 0.3) is 0 Å². The molecule has 0 saturated heterocycles. The predicted octanol–water partition coefficient (Wildman–Crippen LogP) is 2.76. The minimum atomic E-state index is -1.25. The minimum Gasteiger partial charge on any atom is -0.508 e. The van der Waals surface area contributed by atoms with Crippen molar-refractivity contribution in [2.75, 3.05) is 6.61 Å². The zero-order chi connectivity index (χ0) is 24.9. The average Bonchev–Trinajstić information content (AvgIpc) is 3.60. The highest BCUT2D eigenvalue weighted by atomic mass is 16.6. The van der Waals surface area contributed by atoms with Gasteiger partial charge in [-0.15, -0.1) is 0 Å². The van der Waals surface area contributed by atoms with E-state index in [0.717, 1.165) is 44.9 Å². The number of aliphatic hydroxyl groups is 1. The van der Waals surface area contributed by atoms with Crippen LogP contribution in [0, 0.1) is 0 Å². The zero-order valence-corrected chi connectivity index (χ0v) is 20.3. The molecule has 3 rings (SSSR count). The van der Waals surface area contributed by atoms with Crippen LogP contribution in [0.4, 0.5) is 4.79 Å². The molecule has 0 spiro atoms. The lowest BCUT2D eigenvalue weighted by molar-refractivity contribution is -0.144. The Morgan fingerprint density at radius 3 is 2.21 bits per heavy atom. The van der Waals surface area contributed by atoms with Crippen molar-refractivity contribution in [2.45, 2.75) is 95.5 Å². The first-order valence-electron chi connectivity index (χ1n) is 12.1. The first-order valence-corrected chi connectivity index (χ1v) is 12.1. The van der Waals surface area contributed by atoms with E-state index in [1.807, 2.05) is 0 Å². The molecule has 3 amide bonds. The maximum atomic E-state index is 13.6. The standard InChI is InChI=1S/C25H37N3O6/c1-25(2,3)34-24(33)27-20(15-29)23(32)28(18-11-12-18)21(16-9-13-19(30)14-10-16)22(31)26-17-7-5-4-6-8-17/h9-10,13-14,17-18,20-21,29-30H,4-8,11-12,15H2,1-3H3,(H,26,31)(H,27,33). The smallest absolute Gasteiger partial charge is 0.408 e. The molecule has 2 atom stereocenters. The number of nitrogens with zero attached hydrogens (tertiary/aromatic N) is 1. The van der Waals surface area contributed by atoms with Gasteiger partial charge in [-0.3, -0.25) is 9.59 Å². The number of rotatable bonds is 8. The fraction of sp³-hybridized carbons (Fsp3) is 0.640. The molecule has 2 aliphatic carbocycles. The summed E-state index contributed by atoms with van der Waals surface area (Å²) in [6.07, 6.45) is 5.66. The Hall–Kier alpha value is -2.81. The Labute approximate surface area is 200 Å². The lowest BCUT2D eigenvalue weighted by Crippen LogP contribution is -2.55. The molecule has 0 radical (unpaired) electrons. The van der Waals surface area contributed by atoms with Crippen LogP contribution < -0.4 is 10.6 Å². The predicted molar refractivity (Wildman–Crippen MR) is 126 cm³/mol. The summed E-state index contributed by atoms with van der Waals surface area (Å²) in [5.74, 6) is -0.793. The van der Waals surface area contributed by atoms with Gasteiger partial charge in [0.2, 0.25) is 11.8 Å². The van der Waals surface area contributed by atoms with E-state index in [4.69, 9.17) is 4.74 Å². The molecule has 34 heavy (non-hydrogen) atoms. The Morgan fingerprint density at radius 1 is 1.06 bits per heavy atom. The summed E-state index contributed by atoms with van der Waals surface area (Å²) in [7, 11) is 0. The Balaban J connectivity index is 1.87. The first kappa shape index (κ1) is 25.8. The molecule has 2 saturated carbocycles. The minimum absolute atomic E-state index is 0.0468. The monoisotopic (exact) mass is 475 g/mol. The van der Waals surface area contributed by atoms with E-state index in [-0.39, 0.29) is 23.7 Å². The van der Waals surface area contributed by atoms with Crippen molar-refractivity contribution in [3.63, 3.8) is 0 Å². The summed E-state index contributed by atoms with van der Waals surface area (Å²) < 4.78 is 5.24. The molecule has 0 heterocycles. The number of phenols is 1. The molecule has 2 fully saturated rings. The number of carbonyl (C=O) groups is 3. The molecule has 4 N–H and O–H groups in total. The van der Waals surface area contributed by atoms with E-state index in [1.165, 1.54) is 17.0 Å². The molecule has 0 aromatic heterocycles. The van der Waals surface area contributed by atoms with Crippen molar-refractivity contribution in [1.29, 1.82) is 0 Å². The number of ether oxygens (including phenoxy) is 1. The van der Waals surface area contributed by atoms with Gasteiger partial charge in [-0.1, -0.05) is 31.4 Å². The van der Waals surface area contributed by atoms with E-state index < -0.39 is 36.3 Å². The van der Waals surface area contributed by atoms with Gasteiger partial charge in [-0.25, -0.2) is 4.79 Å². The molecule has 0 aliphatic heterocycles. The maximum absolute atomic E-state index is 13.6. The highest BCUT2D eigenvalue weighted by molar-refractivity contribution is 5.92. The van der Waals surface area contributed by atoms with Crippen molar-refractivity contribution in [2.24, 2.45) is 0 Å². The summed E-state index contributed by atoms with van der Waals surface area (Å²) in [6, 6.07) is 3.87. The van der Waals surface area contributed by atoms with Gasteiger partial charge < -0.3 is 30.5 Å². The topological polar surface area (TPSA) is 128 Å². The number of hydrogen-bond acceptors (Lipinski definition) is 6. The number of amides is 3. The second-order valence-electron chi connectivity index (χ2n) is 10.2. The molecule has 1 aromatic carbocycles. The zero-order valence-electron chi connectivity index (χ0n) is 20.3. The number of alkyl carbamates (subject to hydrolysis) is 1. The maximum Gasteiger partial charge on any atom is 0.408 e. The van der Waals surface area contributed by atoms with Gasteiger partial charge in [-0.2, -0.15) is 0 Å². The number of aliphatic hydroxyl groups excluding tert-OH is 1. The van der Waals surface area contributed by atoms with Crippen molar-refractivity contribution >= 4 is 17.9 Å². The van der Waals surface area contributed by atoms with Crippen molar-refractivity contribution < 1.29 is 29.3 Å². The fourth-order valence-electron chi connectivity index (χ4n) is 4.31. The quantitative estimate of drug-likeness (QED) is 0.458. The molecular formula is C25H37N3O6. The van der Waals surface area contributed by atoms with Crippen LogP contribution in [0.3, 0.4) is 0 Å². The SMILES string of the molecule is CC(C)(C)OC(=O)NC(CO)C(=O)N(C1CC1)C(C(=O)NC1CCCCC1)c1ccc(O)cc1. The van der Waals surface area contributed by atoms with Gasteiger partial charge in [0.05, 0.1) is 6.61 Å². The van der Waals surface area contributed by atoms with Crippen molar-refractivity contribution in [3.8, 4) is 5.75 Å². The van der Waals surface area contributed by atoms with E-state index in [1.54, 1.807) is 32.9 Å². The number of nitrogens with one attached hydrogen (secondary N) is 2. The van der Waals surface area contributed by atoms with Crippen LogP contribution in [0.25, 0.3) is 0 Å². The van der Waals surface area contributed by atoms with Gasteiger partial charge >= 0.3 is 6.09 Å². The highest BCUT2D eigenvalue weighted by Crippen LogP contribution is 2.36. The average molecular weight is 476 g/mol. The molecule has 0 bridgehead atoms. The molecular weight excluding hydrogens is 438 g/mol. The second kappa shape index (κ2) is 11.1. The lowest BCUT2D eigenvalue weighted by atomic mass is 9.94. The molecule has 9 nitrogen and oxygen atoms in total. The summed E-state index contributed by atoms with van der Waals surface area (Å²) in [5.41, 5.74) is -0.210. The van der Waals surface area contributed by atoms with Crippen LogP contribution in [0.15, 0.2) is 24.3 Å². The van der Waals surface area contributed by atoms with Crippen LogP contribution in [-0.4, -0.2) is 63.4 Å². The van der Waals surface area contributed by atoms with Crippen molar-refractivity contribution in [3.05, 3.63) is 29.8 Å². The van der Waals surface area contributed by atoms with Gasteiger partial charge in [-0.05, 0) is 64.2 Å². The summed E-state index contributed by atoms with van der Waals surface area (Å²) in [5, 5.41) is 25.2. The van der Waals surface area contributed by atoms with E-state index in [9.17, 15) is 24.6 Å². The van der Waals surface area contributed by atoms with Crippen LogP contribution in [-0.2, 0) is 14.3 Å². The molecule has 2 unspecified atom stereocenters. The number of hydrogen-bond donors (Lipinski definition) is 4.